The summed E-state index contributed by atoms with van der Waals surface area (Å²) < 4.78 is 1.88. The van der Waals surface area contributed by atoms with Gasteiger partial charge in [0.05, 0.1) is 17.9 Å². The average Bonchev–Trinajstić information content (AvgIpc) is 3.07. The van der Waals surface area contributed by atoms with E-state index in [2.05, 4.69) is 44.3 Å². The molecule has 24 heavy (non-hydrogen) atoms. The number of benzene rings is 1. The third-order valence-corrected chi connectivity index (χ3v) is 3.85. The van der Waals surface area contributed by atoms with Crippen molar-refractivity contribution in [2.45, 2.75) is 13.0 Å². The number of anilines is 1. The van der Waals surface area contributed by atoms with Crippen molar-refractivity contribution >= 4 is 17.0 Å². The lowest BCUT2D eigenvalue weighted by Crippen LogP contribution is -2.09. The van der Waals surface area contributed by atoms with Gasteiger partial charge in [-0.2, -0.15) is 0 Å². The minimum absolute atomic E-state index is 0.136. The number of hydrogen-bond acceptors (Lipinski definition) is 5. The van der Waals surface area contributed by atoms with Crippen LogP contribution >= 0.6 is 0 Å². The maximum atomic E-state index is 4.65. The first kappa shape index (κ1) is 14.3. The SMILES string of the molecule is C[C@H](Nc1cncc(-n2cnc3ncccc32)n1)c1ccccc1. The number of nitrogens with zero attached hydrogens (tertiary/aromatic N) is 5. The molecule has 0 aliphatic rings. The first-order valence-corrected chi connectivity index (χ1v) is 7.73. The fourth-order valence-corrected chi connectivity index (χ4v) is 2.62. The maximum Gasteiger partial charge on any atom is 0.177 e. The standard InChI is InChI=1S/C18H16N6/c1-13(14-6-3-2-4-7-14)22-16-10-19-11-17(23-16)24-12-21-18-15(24)8-5-9-20-18/h2-13H,1H3,(H,22,23)/t13-/m0/s1. The van der Waals surface area contributed by atoms with E-state index in [1.54, 1.807) is 24.9 Å². The third-order valence-electron chi connectivity index (χ3n) is 3.85. The lowest BCUT2D eigenvalue weighted by atomic mass is 10.1. The molecule has 0 spiro atoms. The molecule has 0 bridgehead atoms. The van der Waals surface area contributed by atoms with Gasteiger partial charge in [0.1, 0.15) is 12.1 Å². The summed E-state index contributed by atoms with van der Waals surface area (Å²) in [4.78, 5) is 17.5. The van der Waals surface area contributed by atoms with Crippen LogP contribution in [0, 0.1) is 0 Å². The van der Waals surface area contributed by atoms with Gasteiger partial charge >= 0.3 is 0 Å². The molecule has 0 aliphatic carbocycles. The van der Waals surface area contributed by atoms with Crippen LogP contribution in [0.4, 0.5) is 5.82 Å². The van der Waals surface area contributed by atoms with Crippen molar-refractivity contribution in [2.24, 2.45) is 0 Å². The Morgan fingerprint density at radius 2 is 1.88 bits per heavy atom. The van der Waals surface area contributed by atoms with Gasteiger partial charge in [0, 0.05) is 12.2 Å². The minimum Gasteiger partial charge on any atom is -0.362 e. The highest BCUT2D eigenvalue weighted by Crippen LogP contribution is 2.19. The second-order valence-electron chi connectivity index (χ2n) is 5.50. The number of aromatic nitrogens is 5. The van der Waals surface area contributed by atoms with Crippen LogP contribution in [-0.4, -0.2) is 24.5 Å². The largest absolute Gasteiger partial charge is 0.362 e. The van der Waals surface area contributed by atoms with Crippen LogP contribution in [0.15, 0.2) is 67.4 Å². The first-order chi connectivity index (χ1) is 11.8. The lowest BCUT2D eigenvalue weighted by Gasteiger charge is -2.15. The molecule has 1 atom stereocenters. The summed E-state index contributed by atoms with van der Waals surface area (Å²) in [6.45, 7) is 2.10. The zero-order chi connectivity index (χ0) is 16.4. The first-order valence-electron chi connectivity index (χ1n) is 7.73. The lowest BCUT2D eigenvalue weighted by molar-refractivity contribution is 0.865. The highest BCUT2D eigenvalue weighted by molar-refractivity contribution is 5.72. The third kappa shape index (κ3) is 2.69. The molecule has 0 amide bonds. The second-order valence-corrected chi connectivity index (χ2v) is 5.50. The molecule has 1 N–H and O–H groups in total. The molecule has 4 rings (SSSR count). The molecule has 6 heteroatoms. The average molecular weight is 316 g/mol. The summed E-state index contributed by atoms with van der Waals surface area (Å²) in [5.74, 6) is 1.42. The molecule has 3 aromatic heterocycles. The molecule has 118 valence electrons. The normalized spacial score (nSPS) is 12.2. The fraction of sp³-hybridized carbons (Fsp3) is 0.111. The van der Waals surface area contributed by atoms with Crippen LogP contribution in [-0.2, 0) is 0 Å². The van der Waals surface area contributed by atoms with Crippen LogP contribution in [0.1, 0.15) is 18.5 Å². The van der Waals surface area contributed by atoms with Gasteiger partial charge in [-0.05, 0) is 24.6 Å². The summed E-state index contributed by atoms with van der Waals surface area (Å²) in [6.07, 6.45) is 6.88. The fourth-order valence-electron chi connectivity index (χ4n) is 2.62. The maximum absolute atomic E-state index is 4.65. The van der Waals surface area contributed by atoms with Crippen LogP contribution in [0.3, 0.4) is 0 Å². The monoisotopic (exact) mass is 316 g/mol. The Morgan fingerprint density at radius 1 is 1.00 bits per heavy atom. The van der Waals surface area contributed by atoms with Gasteiger partial charge in [-0.1, -0.05) is 30.3 Å². The zero-order valence-electron chi connectivity index (χ0n) is 13.2. The molecular formula is C18H16N6. The van der Waals surface area contributed by atoms with E-state index in [1.165, 1.54) is 5.56 Å². The van der Waals surface area contributed by atoms with Crippen molar-refractivity contribution < 1.29 is 0 Å². The molecule has 0 saturated heterocycles. The Kier molecular flexibility index (Phi) is 3.63. The Bertz CT molecular complexity index is 963. The van der Waals surface area contributed by atoms with Gasteiger partial charge in [-0.3, -0.25) is 9.55 Å². The molecular weight excluding hydrogens is 300 g/mol. The van der Waals surface area contributed by atoms with Crippen molar-refractivity contribution in [3.8, 4) is 5.82 Å². The number of pyridine rings is 1. The van der Waals surface area contributed by atoms with E-state index >= 15 is 0 Å². The number of imidazole rings is 1. The number of nitrogens with one attached hydrogen (secondary N) is 1. The number of rotatable bonds is 4. The Hall–Kier alpha value is -3.28. The van der Waals surface area contributed by atoms with E-state index in [-0.39, 0.29) is 6.04 Å². The highest BCUT2D eigenvalue weighted by Gasteiger charge is 2.09. The second kappa shape index (κ2) is 6.08. The van der Waals surface area contributed by atoms with Gasteiger partial charge in [0.25, 0.3) is 0 Å². The molecule has 0 radical (unpaired) electrons. The molecule has 0 saturated carbocycles. The predicted molar refractivity (Wildman–Crippen MR) is 92.9 cm³/mol. The molecule has 0 unspecified atom stereocenters. The van der Waals surface area contributed by atoms with Gasteiger partial charge in [-0.15, -0.1) is 0 Å². The number of fused-ring (bicyclic) bond motifs is 1. The molecule has 0 aliphatic heterocycles. The van der Waals surface area contributed by atoms with Gasteiger partial charge in [0.2, 0.25) is 0 Å². The Labute approximate surface area is 139 Å². The van der Waals surface area contributed by atoms with Crippen molar-refractivity contribution in [1.29, 1.82) is 0 Å². The minimum atomic E-state index is 0.136. The summed E-state index contributed by atoms with van der Waals surface area (Å²) in [6, 6.07) is 14.2. The summed E-state index contributed by atoms with van der Waals surface area (Å²) in [7, 11) is 0. The van der Waals surface area contributed by atoms with Gasteiger partial charge < -0.3 is 5.32 Å². The number of hydrogen-bond donors (Lipinski definition) is 1. The smallest absolute Gasteiger partial charge is 0.177 e. The van der Waals surface area contributed by atoms with Crippen LogP contribution < -0.4 is 5.32 Å². The van der Waals surface area contributed by atoms with E-state index in [1.807, 2.05) is 34.9 Å². The van der Waals surface area contributed by atoms with E-state index in [9.17, 15) is 0 Å². The predicted octanol–water partition coefficient (Wildman–Crippen LogP) is 3.38. The molecule has 3 heterocycles. The van der Waals surface area contributed by atoms with E-state index in [0.717, 1.165) is 11.3 Å². The van der Waals surface area contributed by atoms with Gasteiger partial charge in [0.15, 0.2) is 11.5 Å². The summed E-state index contributed by atoms with van der Waals surface area (Å²) in [5, 5.41) is 3.39. The Balaban J connectivity index is 1.64. The summed E-state index contributed by atoms with van der Waals surface area (Å²) in [5.41, 5.74) is 2.79. The Morgan fingerprint density at radius 3 is 2.75 bits per heavy atom. The van der Waals surface area contributed by atoms with Crippen LogP contribution in [0.5, 0.6) is 0 Å². The van der Waals surface area contributed by atoms with Crippen molar-refractivity contribution in [1.82, 2.24) is 24.5 Å². The molecule has 4 aromatic rings. The molecule has 0 fully saturated rings. The van der Waals surface area contributed by atoms with E-state index < -0.39 is 0 Å². The summed E-state index contributed by atoms with van der Waals surface area (Å²) >= 11 is 0. The van der Waals surface area contributed by atoms with Crippen molar-refractivity contribution in [3.63, 3.8) is 0 Å². The van der Waals surface area contributed by atoms with Crippen LogP contribution in [0.25, 0.3) is 17.0 Å². The van der Waals surface area contributed by atoms with Crippen LogP contribution in [0.2, 0.25) is 0 Å². The molecule has 6 nitrogen and oxygen atoms in total. The van der Waals surface area contributed by atoms with E-state index in [0.29, 0.717) is 11.5 Å². The quantitative estimate of drug-likeness (QED) is 0.625. The molecule has 1 aromatic carbocycles. The van der Waals surface area contributed by atoms with E-state index in [4.69, 9.17) is 0 Å². The van der Waals surface area contributed by atoms with Crippen molar-refractivity contribution in [2.75, 3.05) is 5.32 Å². The zero-order valence-corrected chi connectivity index (χ0v) is 13.2. The topological polar surface area (TPSA) is 68.5 Å². The highest BCUT2D eigenvalue weighted by atomic mass is 15.2. The van der Waals surface area contributed by atoms with Crippen molar-refractivity contribution in [3.05, 3.63) is 72.9 Å². The van der Waals surface area contributed by atoms with Gasteiger partial charge in [-0.25, -0.2) is 15.0 Å².